The van der Waals surface area contributed by atoms with E-state index in [1.807, 2.05) is 26.0 Å². The minimum Gasteiger partial charge on any atom is -0.495 e. The van der Waals surface area contributed by atoms with E-state index in [1.165, 1.54) is 18.2 Å². The molecule has 2 aromatic rings. The first-order chi connectivity index (χ1) is 14.8. The summed E-state index contributed by atoms with van der Waals surface area (Å²) >= 11 is 6.14. The van der Waals surface area contributed by atoms with E-state index in [9.17, 15) is 14.4 Å². The first-order valence-electron chi connectivity index (χ1n) is 9.56. The van der Waals surface area contributed by atoms with Crippen molar-refractivity contribution in [1.82, 2.24) is 5.01 Å². The van der Waals surface area contributed by atoms with Gasteiger partial charge < -0.3 is 10.1 Å². The fourth-order valence-corrected chi connectivity index (χ4v) is 3.88. The van der Waals surface area contributed by atoms with Crippen LogP contribution in [-0.4, -0.2) is 48.5 Å². The van der Waals surface area contributed by atoms with Crippen LogP contribution in [0.2, 0.25) is 5.02 Å². The quantitative estimate of drug-likeness (QED) is 0.718. The van der Waals surface area contributed by atoms with Gasteiger partial charge in [0, 0.05) is 5.69 Å². The minimum atomic E-state index is -0.998. The van der Waals surface area contributed by atoms with E-state index in [0.29, 0.717) is 17.1 Å². The Bertz CT molecular complexity index is 1120. The van der Waals surface area contributed by atoms with Gasteiger partial charge in [-0.1, -0.05) is 29.0 Å². The fraction of sp³-hybridized carbons (Fsp3) is 0.286. The monoisotopic (exact) mass is 441 g/mol. The van der Waals surface area contributed by atoms with Gasteiger partial charge in [0.2, 0.25) is 5.91 Å². The second-order valence-corrected chi connectivity index (χ2v) is 7.73. The lowest BCUT2D eigenvalue weighted by Gasteiger charge is -2.21. The summed E-state index contributed by atoms with van der Waals surface area (Å²) in [5.74, 6) is -0.966. The van der Waals surface area contributed by atoms with Crippen LogP contribution in [0.5, 0.6) is 5.75 Å². The predicted octanol–water partition coefficient (Wildman–Crippen LogP) is 2.90. The van der Waals surface area contributed by atoms with Gasteiger partial charge in [0.25, 0.3) is 11.8 Å². The van der Waals surface area contributed by atoms with E-state index in [1.54, 1.807) is 18.2 Å². The van der Waals surface area contributed by atoms with Crippen LogP contribution in [0.3, 0.4) is 0 Å². The Morgan fingerprint density at radius 1 is 1.19 bits per heavy atom. The first kappa shape index (κ1) is 20.8. The molecule has 0 bridgehead atoms. The van der Waals surface area contributed by atoms with Crippen molar-refractivity contribution in [1.29, 1.82) is 0 Å². The lowest BCUT2D eigenvalue weighted by molar-refractivity contribution is -0.123. The topological polar surface area (TPSA) is 104 Å². The van der Waals surface area contributed by atoms with Gasteiger partial charge in [-0.25, -0.2) is 4.90 Å². The van der Waals surface area contributed by atoms with Gasteiger partial charge in [-0.3, -0.25) is 19.4 Å². The maximum Gasteiger partial charge on any atom is 0.263 e. The molecular weight excluding hydrogens is 422 g/mol. The summed E-state index contributed by atoms with van der Waals surface area (Å²) < 4.78 is 5.11. The third-order valence-electron chi connectivity index (χ3n) is 5.44. The molecule has 0 unspecified atom stereocenters. The zero-order valence-electron chi connectivity index (χ0n) is 17.1. The summed E-state index contributed by atoms with van der Waals surface area (Å²) in [6.45, 7) is 3.65. The van der Waals surface area contributed by atoms with E-state index in [4.69, 9.17) is 16.3 Å². The Labute approximate surface area is 183 Å². The van der Waals surface area contributed by atoms with Crippen LogP contribution in [-0.2, 0) is 14.4 Å². The maximum atomic E-state index is 13.0. The summed E-state index contributed by atoms with van der Waals surface area (Å²) in [6.07, 6.45) is 0. The standard InChI is InChI=1S/C21H20ClN5O4/c1-11-5-4-6-15(12(11)2)23-17(28)10-26-19-18(24-25-26)20(29)27(21(19)30)13-7-8-16(31-3)14(22)9-13/h4-9,18-19H,10H2,1-3H3,(H,23,28)/t18-,19+/m0/s1. The Balaban J connectivity index is 1.51. The molecule has 0 radical (unpaired) electrons. The molecule has 2 heterocycles. The minimum absolute atomic E-state index is 0.214. The van der Waals surface area contributed by atoms with Gasteiger partial charge in [-0.15, -0.1) is 0 Å². The highest BCUT2D eigenvalue weighted by atomic mass is 35.5. The predicted molar refractivity (Wildman–Crippen MR) is 114 cm³/mol. The van der Waals surface area contributed by atoms with Crippen molar-refractivity contribution in [3.05, 3.63) is 52.5 Å². The van der Waals surface area contributed by atoms with Gasteiger partial charge in [-0.05, 0) is 49.2 Å². The Morgan fingerprint density at radius 2 is 1.97 bits per heavy atom. The van der Waals surface area contributed by atoms with Crippen molar-refractivity contribution in [3.63, 3.8) is 0 Å². The average molecular weight is 442 g/mol. The smallest absolute Gasteiger partial charge is 0.263 e. The van der Waals surface area contributed by atoms with Crippen molar-refractivity contribution in [2.45, 2.75) is 25.9 Å². The van der Waals surface area contributed by atoms with Crippen molar-refractivity contribution < 1.29 is 19.1 Å². The zero-order chi connectivity index (χ0) is 22.3. The number of methoxy groups -OCH3 is 1. The molecule has 31 heavy (non-hydrogen) atoms. The molecule has 2 aliphatic heterocycles. The van der Waals surface area contributed by atoms with Gasteiger partial charge in [0.05, 0.1) is 17.8 Å². The molecule has 2 aromatic carbocycles. The molecular formula is C21H20ClN5O4. The number of imide groups is 1. The van der Waals surface area contributed by atoms with Crippen molar-refractivity contribution in [2.24, 2.45) is 10.3 Å². The van der Waals surface area contributed by atoms with Crippen LogP contribution in [0.4, 0.5) is 11.4 Å². The van der Waals surface area contributed by atoms with Gasteiger partial charge in [0.1, 0.15) is 12.3 Å². The van der Waals surface area contributed by atoms with Gasteiger partial charge in [-0.2, -0.15) is 5.11 Å². The molecule has 4 rings (SSSR count). The SMILES string of the molecule is COc1ccc(N2C(=O)[C@H]3N=NN(CC(=O)Nc4cccc(C)c4C)[C@H]3C2=O)cc1Cl. The number of hydrogen-bond donors (Lipinski definition) is 1. The summed E-state index contributed by atoms with van der Waals surface area (Å²) in [5, 5.41) is 12.2. The highest BCUT2D eigenvalue weighted by Gasteiger charge is 2.55. The van der Waals surface area contributed by atoms with Crippen molar-refractivity contribution >= 4 is 40.7 Å². The zero-order valence-corrected chi connectivity index (χ0v) is 17.9. The number of carbonyl (C=O) groups excluding carboxylic acids is 3. The number of aryl methyl sites for hydroxylation is 1. The molecule has 2 aliphatic rings. The number of nitrogens with one attached hydrogen (secondary N) is 1. The largest absolute Gasteiger partial charge is 0.495 e. The van der Waals surface area contributed by atoms with Crippen LogP contribution in [0.25, 0.3) is 0 Å². The Morgan fingerprint density at radius 3 is 2.68 bits per heavy atom. The molecule has 2 atom stereocenters. The Kier molecular flexibility index (Phi) is 5.36. The number of carbonyl (C=O) groups is 3. The number of fused-ring (bicyclic) bond motifs is 1. The molecule has 1 fully saturated rings. The highest BCUT2D eigenvalue weighted by Crippen LogP contribution is 2.35. The fourth-order valence-electron chi connectivity index (χ4n) is 3.63. The summed E-state index contributed by atoms with van der Waals surface area (Å²) in [4.78, 5) is 39.5. The lowest BCUT2D eigenvalue weighted by atomic mass is 10.1. The van der Waals surface area contributed by atoms with Crippen LogP contribution in [0.15, 0.2) is 46.7 Å². The van der Waals surface area contributed by atoms with E-state index >= 15 is 0 Å². The third-order valence-corrected chi connectivity index (χ3v) is 5.73. The van der Waals surface area contributed by atoms with Crippen LogP contribution in [0.1, 0.15) is 11.1 Å². The highest BCUT2D eigenvalue weighted by molar-refractivity contribution is 6.33. The molecule has 1 saturated heterocycles. The molecule has 0 aromatic heterocycles. The number of ether oxygens (including phenoxy) is 1. The van der Waals surface area contributed by atoms with Crippen LogP contribution < -0.4 is 15.0 Å². The summed E-state index contributed by atoms with van der Waals surface area (Å²) in [6, 6.07) is 8.24. The number of nitrogens with zero attached hydrogens (tertiary/aromatic N) is 4. The number of benzene rings is 2. The second kappa shape index (κ2) is 7.99. The van der Waals surface area contributed by atoms with Crippen molar-refractivity contribution in [3.8, 4) is 5.75 Å². The van der Waals surface area contributed by atoms with E-state index in [2.05, 4.69) is 15.7 Å². The van der Waals surface area contributed by atoms with Crippen LogP contribution in [0, 0.1) is 13.8 Å². The van der Waals surface area contributed by atoms with E-state index < -0.39 is 23.9 Å². The maximum absolute atomic E-state index is 13.0. The number of hydrogen-bond acceptors (Lipinski definition) is 7. The lowest BCUT2D eigenvalue weighted by Crippen LogP contribution is -2.43. The first-order valence-corrected chi connectivity index (χ1v) is 9.94. The molecule has 3 amide bonds. The molecule has 1 N–H and O–H groups in total. The van der Waals surface area contributed by atoms with E-state index in [0.717, 1.165) is 16.0 Å². The number of amides is 3. The van der Waals surface area contributed by atoms with E-state index in [-0.39, 0.29) is 17.5 Å². The van der Waals surface area contributed by atoms with Crippen molar-refractivity contribution in [2.75, 3.05) is 23.9 Å². The molecule has 0 saturated carbocycles. The van der Waals surface area contributed by atoms with Gasteiger partial charge in [0.15, 0.2) is 12.1 Å². The van der Waals surface area contributed by atoms with Crippen LogP contribution >= 0.6 is 11.6 Å². The Hall–Kier alpha value is -3.46. The van der Waals surface area contributed by atoms with Gasteiger partial charge >= 0.3 is 0 Å². The normalized spacial score (nSPS) is 19.7. The number of rotatable bonds is 5. The number of halogens is 1. The average Bonchev–Trinajstić information content (AvgIpc) is 3.25. The summed E-state index contributed by atoms with van der Waals surface area (Å²) in [5.41, 5.74) is 2.99. The third kappa shape index (κ3) is 3.61. The molecule has 9 nitrogen and oxygen atoms in total. The molecule has 160 valence electrons. The number of anilines is 2. The summed E-state index contributed by atoms with van der Waals surface area (Å²) in [7, 11) is 1.47. The second-order valence-electron chi connectivity index (χ2n) is 7.32. The molecule has 0 aliphatic carbocycles. The molecule has 0 spiro atoms. The molecule has 10 heteroatoms.